The van der Waals surface area contributed by atoms with Gasteiger partial charge in [0.2, 0.25) is 0 Å². The Balaban J connectivity index is -0.000000563. The van der Waals surface area contributed by atoms with Gasteiger partial charge in [0.1, 0.15) is 0 Å². The van der Waals surface area contributed by atoms with Gasteiger partial charge in [-0.1, -0.05) is 70.4 Å². The van der Waals surface area contributed by atoms with Gasteiger partial charge in [-0.3, -0.25) is 9.35 Å². The summed E-state index contributed by atoms with van der Waals surface area (Å²) in [4.78, 5) is 12.0. The van der Waals surface area contributed by atoms with Crippen molar-refractivity contribution in [1.82, 2.24) is 0 Å². The van der Waals surface area contributed by atoms with E-state index in [1.165, 1.54) is 51.9 Å². The second kappa shape index (κ2) is 21.1. The molecule has 0 saturated heterocycles. The van der Waals surface area contributed by atoms with Crippen LogP contribution in [-0.4, -0.2) is 30.0 Å². The smallest absolute Gasteiger partial charge is 1.00 e. The van der Waals surface area contributed by atoms with E-state index < -0.39 is 27.2 Å². The fourth-order valence-electron chi connectivity index (χ4n) is 2.98. The number of hydrogen-bond donors (Lipinski definition) is 2. The fourth-order valence-corrected chi connectivity index (χ4v) is 3.58. The van der Waals surface area contributed by atoms with Crippen LogP contribution in [0.1, 0.15) is 107 Å². The third-order valence-electron chi connectivity index (χ3n) is 5.21. The molecule has 0 aromatic rings. The summed E-state index contributed by atoms with van der Waals surface area (Å²) in [6.45, 7) is 3.04. The maximum Gasteiger partial charge on any atom is 1.00 e. The van der Waals surface area contributed by atoms with E-state index in [0.717, 1.165) is 32.1 Å². The molecule has 0 aromatic carbocycles. The molecule has 0 aliphatic rings. The molecule has 164 valence electrons. The zero-order valence-electron chi connectivity index (χ0n) is 21.4. The Hall–Kier alpha value is 1.28. The van der Waals surface area contributed by atoms with Crippen LogP contribution in [0.5, 0.6) is 0 Å². The van der Waals surface area contributed by atoms with Crippen molar-refractivity contribution in [3.63, 3.8) is 0 Å². The Morgan fingerprint density at radius 3 is 1.72 bits per heavy atom. The molecule has 8 heteroatoms. The summed E-state index contributed by atoms with van der Waals surface area (Å²) in [5.41, 5.74) is 5.38. The Bertz CT molecular complexity index is 537. The number of allylic oxidation sites excluding steroid dienone is 2. The molecule has 0 fully saturated rings. The third kappa shape index (κ3) is 16.6. The molecule has 3 N–H and O–H groups in total. The molecule has 0 amide bonds. The molecule has 0 radical (unpaired) electrons. The predicted molar refractivity (Wildman–Crippen MR) is 116 cm³/mol. The monoisotopic (exact) mass is 451 g/mol. The summed E-state index contributed by atoms with van der Waals surface area (Å²) >= 11 is 0. The largest absolute Gasteiger partial charge is 1.00 e. The van der Waals surface area contributed by atoms with Crippen molar-refractivity contribution in [1.29, 1.82) is 0 Å². The van der Waals surface area contributed by atoms with Crippen LogP contribution >= 0.6 is 0 Å². The third-order valence-corrected chi connectivity index (χ3v) is 6.75. The van der Waals surface area contributed by atoms with Crippen molar-refractivity contribution < 1.29 is 79.7 Å². The summed E-state index contributed by atoms with van der Waals surface area (Å²) < 4.78 is 30.0. The van der Waals surface area contributed by atoms with Crippen LogP contribution in [0.3, 0.4) is 0 Å². The molecule has 0 aromatic heterocycles. The first kappa shape index (κ1) is 34.9. The molecular formula is C21H43NNa2O4S. The zero-order valence-corrected chi connectivity index (χ0v) is 24.2. The first-order chi connectivity index (χ1) is 12.8. The first-order valence-corrected chi connectivity index (χ1v) is 12.1. The molecule has 0 bridgehead atoms. The predicted octanol–water partition coefficient (Wildman–Crippen LogP) is -0.569. The van der Waals surface area contributed by atoms with E-state index >= 15 is 0 Å². The van der Waals surface area contributed by atoms with E-state index in [9.17, 15) is 17.8 Å². The molecule has 5 nitrogen and oxygen atoms in total. The molecular weight excluding hydrogens is 408 g/mol. The van der Waals surface area contributed by atoms with Crippen molar-refractivity contribution in [3.8, 4) is 0 Å². The number of ketones is 1. The van der Waals surface area contributed by atoms with Crippen LogP contribution in [0, 0.1) is 0 Å². The molecule has 1 atom stereocenters. The molecule has 0 spiro atoms. The first-order valence-electron chi connectivity index (χ1n) is 10.6. The number of carbonyl (C=O) groups is 1. The van der Waals surface area contributed by atoms with Gasteiger partial charge in [-0.15, -0.1) is 0 Å². The Morgan fingerprint density at radius 2 is 1.31 bits per heavy atom. The zero-order chi connectivity index (χ0) is 20.6. The number of nitrogens with two attached hydrogens (primary N) is 1. The van der Waals surface area contributed by atoms with Crippen LogP contribution in [0.25, 0.3) is 0 Å². The van der Waals surface area contributed by atoms with Gasteiger partial charge in [0.05, 0.1) is 0 Å². The summed E-state index contributed by atoms with van der Waals surface area (Å²) in [5, 5.41) is 0. The number of carbonyl (C=O) groups excluding carboxylic acids is 1. The number of rotatable bonds is 18. The fraction of sp³-hybridized carbons (Fsp3) is 0.857. The van der Waals surface area contributed by atoms with Crippen LogP contribution in [0.2, 0.25) is 0 Å². The van der Waals surface area contributed by atoms with Gasteiger partial charge < -0.3 is 8.59 Å². The maximum atomic E-state index is 12.0. The van der Waals surface area contributed by atoms with Crippen LogP contribution in [0.4, 0.5) is 0 Å². The summed E-state index contributed by atoms with van der Waals surface area (Å²) in [6, 6.07) is 0. The van der Waals surface area contributed by atoms with E-state index in [1.54, 1.807) is 0 Å². The van der Waals surface area contributed by atoms with E-state index in [0.29, 0.717) is 6.42 Å². The summed E-state index contributed by atoms with van der Waals surface area (Å²) in [5.74, 6) is -0.495. The minimum atomic E-state index is -4.47. The number of hydrogen-bond acceptors (Lipinski definition) is 4. The molecule has 0 saturated carbocycles. The SMILES string of the molecule is CCCCCCCC/C=C\CCCCCCCC(=O)C(C)(CN)S(=O)(=O)O.[H-].[H-].[Na+].[Na+]. The Labute approximate surface area is 226 Å². The molecule has 0 heterocycles. The minimum Gasteiger partial charge on any atom is -1.00 e. The van der Waals surface area contributed by atoms with E-state index in [-0.39, 0.29) is 68.4 Å². The van der Waals surface area contributed by atoms with E-state index in [2.05, 4.69) is 19.1 Å². The average molecular weight is 452 g/mol. The van der Waals surface area contributed by atoms with Crippen molar-refractivity contribution in [3.05, 3.63) is 12.2 Å². The van der Waals surface area contributed by atoms with Gasteiger partial charge >= 0.3 is 59.1 Å². The molecule has 0 rings (SSSR count). The van der Waals surface area contributed by atoms with Crippen molar-refractivity contribution in [2.24, 2.45) is 5.73 Å². The van der Waals surface area contributed by atoms with E-state index in [4.69, 9.17) is 5.73 Å². The van der Waals surface area contributed by atoms with Crippen LogP contribution in [-0.2, 0) is 14.9 Å². The minimum absolute atomic E-state index is 0. The maximum absolute atomic E-state index is 12.0. The van der Waals surface area contributed by atoms with Gasteiger partial charge in [-0.25, -0.2) is 0 Å². The quantitative estimate of drug-likeness (QED) is 0.126. The Kier molecular flexibility index (Phi) is 25.4. The molecule has 0 aliphatic carbocycles. The van der Waals surface area contributed by atoms with Gasteiger partial charge in [0, 0.05) is 13.0 Å². The topological polar surface area (TPSA) is 97.5 Å². The Morgan fingerprint density at radius 1 is 0.897 bits per heavy atom. The molecule has 0 aliphatic heterocycles. The van der Waals surface area contributed by atoms with Crippen molar-refractivity contribution >= 4 is 15.9 Å². The van der Waals surface area contributed by atoms with Crippen molar-refractivity contribution in [2.75, 3.05) is 6.54 Å². The van der Waals surface area contributed by atoms with Gasteiger partial charge in [-0.2, -0.15) is 8.42 Å². The van der Waals surface area contributed by atoms with E-state index in [1.807, 2.05) is 0 Å². The number of Topliss-reactive ketones (excluding diaryl/α,β-unsaturated/α-hetero) is 1. The van der Waals surface area contributed by atoms with Crippen LogP contribution in [0.15, 0.2) is 12.2 Å². The second-order valence-corrected chi connectivity index (χ2v) is 9.52. The summed E-state index contributed by atoms with van der Waals surface area (Å²) in [6.07, 6.45) is 19.8. The molecule has 1 unspecified atom stereocenters. The average Bonchev–Trinajstić information content (AvgIpc) is 2.62. The van der Waals surface area contributed by atoms with Gasteiger partial charge in [0.15, 0.2) is 10.5 Å². The van der Waals surface area contributed by atoms with Crippen LogP contribution < -0.4 is 64.8 Å². The van der Waals surface area contributed by atoms with Gasteiger partial charge in [0.25, 0.3) is 10.1 Å². The normalized spacial score (nSPS) is 13.5. The molecule has 29 heavy (non-hydrogen) atoms. The van der Waals surface area contributed by atoms with Crippen molar-refractivity contribution in [2.45, 2.75) is 108 Å². The number of unbranched alkanes of at least 4 members (excludes halogenated alkanes) is 11. The second-order valence-electron chi connectivity index (χ2n) is 7.67. The summed E-state index contributed by atoms with van der Waals surface area (Å²) in [7, 11) is -4.47. The van der Waals surface area contributed by atoms with Gasteiger partial charge in [-0.05, 0) is 39.0 Å². The standard InChI is InChI=1S/C21H41NO4S.2Na.2H/c1-3-4-5-6-7-8-9-10-11-12-13-14-15-16-17-18-20(23)21(2,19-22)27(24,25)26;;;;/h10-11H,3-9,12-19,22H2,1-2H3,(H,24,25,26);;;;/q;2*+1;2*-1/b11-10-;;;;.